The van der Waals surface area contributed by atoms with Gasteiger partial charge in [0, 0.05) is 25.6 Å². The SMILES string of the molecule is C[C@H](CO)N1C[C@H](C)[C@@H](CN(C)Cc2ccc(-c3ccccc3)cc2)Oc2c(NS(=O)(=O)c3ccc(F)cc3)cccc2C1=O. The lowest BCUT2D eigenvalue weighted by Gasteiger charge is -2.38. The molecule has 1 heterocycles. The molecule has 4 aromatic carbocycles. The number of fused-ring (bicyclic) bond motifs is 1. The number of rotatable bonds is 10. The summed E-state index contributed by atoms with van der Waals surface area (Å²) in [5.41, 5.74) is 3.68. The molecule has 10 heteroatoms. The van der Waals surface area contributed by atoms with Gasteiger partial charge < -0.3 is 14.7 Å². The minimum absolute atomic E-state index is 0.0973. The third kappa shape index (κ3) is 7.53. The zero-order valence-corrected chi connectivity index (χ0v) is 26.4. The Labute approximate surface area is 264 Å². The predicted octanol–water partition coefficient (Wildman–Crippen LogP) is 5.65. The molecule has 45 heavy (non-hydrogen) atoms. The maximum Gasteiger partial charge on any atom is 0.262 e. The van der Waals surface area contributed by atoms with Gasteiger partial charge in [-0.2, -0.15) is 0 Å². The highest BCUT2D eigenvalue weighted by Gasteiger charge is 2.35. The van der Waals surface area contributed by atoms with Crippen LogP contribution in [0.5, 0.6) is 5.75 Å². The van der Waals surface area contributed by atoms with E-state index in [-0.39, 0.29) is 40.3 Å². The standard InChI is InChI=1S/C35H38FN3O5S/c1-24-20-39(25(2)23-40)35(41)31-10-7-11-32(37-45(42,43)30-18-16-29(36)17-19-30)34(31)44-33(24)22-38(3)21-26-12-14-28(15-13-26)27-8-5-4-6-9-27/h4-19,24-25,33,37,40H,20-23H2,1-3H3/t24-,25+,33+/m0/s1. The van der Waals surface area contributed by atoms with E-state index in [0.29, 0.717) is 19.6 Å². The molecule has 2 N–H and O–H groups in total. The van der Waals surface area contributed by atoms with Crippen LogP contribution < -0.4 is 9.46 Å². The van der Waals surface area contributed by atoms with E-state index in [4.69, 9.17) is 4.74 Å². The summed E-state index contributed by atoms with van der Waals surface area (Å²) in [5.74, 6) is -0.980. The predicted molar refractivity (Wildman–Crippen MR) is 173 cm³/mol. The van der Waals surface area contributed by atoms with Crippen molar-refractivity contribution in [1.82, 2.24) is 9.80 Å². The van der Waals surface area contributed by atoms with Gasteiger partial charge in [-0.25, -0.2) is 12.8 Å². The van der Waals surface area contributed by atoms with Gasteiger partial charge in [-0.05, 0) is 67.1 Å². The van der Waals surface area contributed by atoms with Gasteiger partial charge in [0.05, 0.1) is 28.8 Å². The first kappa shape index (κ1) is 32.2. The smallest absolute Gasteiger partial charge is 0.262 e. The number of carbonyl (C=O) groups excluding carboxylic acids is 1. The van der Waals surface area contributed by atoms with Crippen molar-refractivity contribution in [3.05, 3.63) is 114 Å². The van der Waals surface area contributed by atoms with Gasteiger partial charge in [0.1, 0.15) is 11.9 Å². The first-order valence-corrected chi connectivity index (χ1v) is 16.4. The Hall–Kier alpha value is -4.25. The minimum atomic E-state index is -4.13. The molecule has 1 amide bonds. The van der Waals surface area contributed by atoms with Crippen molar-refractivity contribution in [3.63, 3.8) is 0 Å². The Bertz CT molecular complexity index is 1720. The fourth-order valence-corrected chi connectivity index (χ4v) is 6.54. The first-order valence-electron chi connectivity index (χ1n) is 14.9. The van der Waals surface area contributed by atoms with Gasteiger partial charge in [-0.1, -0.05) is 67.6 Å². The number of halogens is 1. The molecule has 0 saturated heterocycles. The van der Waals surface area contributed by atoms with E-state index < -0.39 is 28.0 Å². The molecular weight excluding hydrogens is 593 g/mol. The topological polar surface area (TPSA) is 99.2 Å². The normalized spacial score (nSPS) is 17.6. The van der Waals surface area contributed by atoms with Crippen LogP contribution in [0.15, 0.2) is 102 Å². The van der Waals surface area contributed by atoms with Crippen molar-refractivity contribution in [2.75, 3.05) is 31.5 Å². The number of hydrogen-bond acceptors (Lipinski definition) is 6. The summed E-state index contributed by atoms with van der Waals surface area (Å²) in [6.45, 7) is 4.99. The summed E-state index contributed by atoms with van der Waals surface area (Å²) in [7, 11) is -2.14. The zero-order chi connectivity index (χ0) is 32.1. The van der Waals surface area contributed by atoms with Crippen LogP contribution in [0.3, 0.4) is 0 Å². The van der Waals surface area contributed by atoms with Crippen molar-refractivity contribution in [2.45, 2.75) is 37.4 Å². The van der Waals surface area contributed by atoms with Gasteiger partial charge in [-0.15, -0.1) is 0 Å². The highest BCUT2D eigenvalue weighted by atomic mass is 32.2. The molecule has 0 fully saturated rings. The number of amides is 1. The fraction of sp³-hybridized carbons (Fsp3) is 0.286. The number of nitrogens with zero attached hydrogens (tertiary/aromatic N) is 2. The molecule has 5 rings (SSSR count). The van der Waals surface area contributed by atoms with Gasteiger partial charge in [0.25, 0.3) is 15.9 Å². The highest BCUT2D eigenvalue weighted by molar-refractivity contribution is 7.92. The monoisotopic (exact) mass is 631 g/mol. The van der Waals surface area contributed by atoms with Crippen molar-refractivity contribution < 1.29 is 27.4 Å². The van der Waals surface area contributed by atoms with E-state index in [1.54, 1.807) is 24.0 Å². The Kier molecular flexibility index (Phi) is 9.86. The van der Waals surface area contributed by atoms with E-state index in [2.05, 4.69) is 46.0 Å². The molecule has 4 aromatic rings. The molecule has 0 spiro atoms. The molecule has 0 radical (unpaired) electrons. The number of benzene rings is 4. The van der Waals surface area contributed by atoms with Crippen LogP contribution >= 0.6 is 0 Å². The molecular formula is C35H38FN3O5S. The largest absolute Gasteiger partial charge is 0.486 e. The maximum atomic E-state index is 13.8. The molecule has 0 aromatic heterocycles. The van der Waals surface area contributed by atoms with Crippen LogP contribution in [0, 0.1) is 11.7 Å². The van der Waals surface area contributed by atoms with E-state index in [9.17, 15) is 22.7 Å². The number of para-hydroxylation sites is 1. The second kappa shape index (κ2) is 13.8. The molecule has 0 saturated carbocycles. The number of aliphatic hydroxyl groups is 1. The minimum Gasteiger partial charge on any atom is -0.486 e. The number of likely N-dealkylation sites (N-methyl/N-ethyl adjacent to an activating group) is 1. The molecule has 1 aliphatic rings. The van der Waals surface area contributed by atoms with Crippen LogP contribution in [0.2, 0.25) is 0 Å². The lowest BCUT2D eigenvalue weighted by Crippen LogP contribution is -2.49. The van der Waals surface area contributed by atoms with Crippen LogP contribution in [-0.2, 0) is 16.6 Å². The second-order valence-electron chi connectivity index (χ2n) is 11.6. The summed E-state index contributed by atoms with van der Waals surface area (Å²) in [6, 6.07) is 27.3. The number of carbonyl (C=O) groups is 1. The number of ether oxygens (including phenoxy) is 1. The Morgan fingerprint density at radius 3 is 2.31 bits per heavy atom. The lowest BCUT2D eigenvalue weighted by atomic mass is 9.98. The lowest BCUT2D eigenvalue weighted by molar-refractivity contribution is 0.0344. The molecule has 236 valence electrons. The van der Waals surface area contributed by atoms with E-state index in [1.165, 1.54) is 18.2 Å². The third-order valence-corrected chi connectivity index (χ3v) is 9.45. The Balaban J connectivity index is 1.42. The van der Waals surface area contributed by atoms with E-state index in [0.717, 1.165) is 28.8 Å². The Morgan fingerprint density at radius 1 is 0.978 bits per heavy atom. The van der Waals surface area contributed by atoms with E-state index >= 15 is 0 Å². The quantitative estimate of drug-likeness (QED) is 0.235. The van der Waals surface area contributed by atoms with Crippen LogP contribution in [0.1, 0.15) is 29.8 Å². The van der Waals surface area contributed by atoms with Crippen molar-refractivity contribution in [2.24, 2.45) is 5.92 Å². The number of nitrogens with one attached hydrogen (secondary N) is 1. The first-order chi connectivity index (χ1) is 21.6. The third-order valence-electron chi connectivity index (χ3n) is 8.06. The average molecular weight is 632 g/mol. The van der Waals surface area contributed by atoms with Gasteiger partial charge in [0.15, 0.2) is 5.75 Å². The molecule has 8 nitrogen and oxygen atoms in total. The summed E-state index contributed by atoms with van der Waals surface area (Å²) >= 11 is 0. The highest BCUT2D eigenvalue weighted by Crippen LogP contribution is 2.36. The molecule has 1 aliphatic heterocycles. The molecule has 0 unspecified atom stereocenters. The summed E-state index contributed by atoms with van der Waals surface area (Å²) < 4.78 is 49.1. The number of sulfonamides is 1. The summed E-state index contributed by atoms with van der Waals surface area (Å²) in [5, 5.41) is 9.97. The van der Waals surface area contributed by atoms with Gasteiger partial charge in [-0.3, -0.25) is 14.4 Å². The molecule has 3 atom stereocenters. The molecule has 0 aliphatic carbocycles. The average Bonchev–Trinajstić information content (AvgIpc) is 3.03. The van der Waals surface area contributed by atoms with E-state index in [1.807, 2.05) is 32.2 Å². The second-order valence-corrected chi connectivity index (χ2v) is 13.3. The van der Waals surface area contributed by atoms with Crippen molar-refractivity contribution in [3.8, 4) is 16.9 Å². The summed E-state index contributed by atoms with van der Waals surface area (Å²) in [6.07, 6.45) is -0.435. The van der Waals surface area contributed by atoms with Crippen molar-refractivity contribution in [1.29, 1.82) is 0 Å². The number of anilines is 1. The maximum absolute atomic E-state index is 13.8. The summed E-state index contributed by atoms with van der Waals surface area (Å²) in [4.78, 5) is 17.4. The fourth-order valence-electron chi connectivity index (χ4n) is 5.48. The van der Waals surface area contributed by atoms with Gasteiger partial charge >= 0.3 is 0 Å². The Morgan fingerprint density at radius 2 is 1.64 bits per heavy atom. The zero-order valence-electron chi connectivity index (χ0n) is 25.6. The van der Waals surface area contributed by atoms with Crippen LogP contribution in [0.25, 0.3) is 11.1 Å². The van der Waals surface area contributed by atoms with Crippen LogP contribution in [0.4, 0.5) is 10.1 Å². The number of hydrogen-bond donors (Lipinski definition) is 2. The number of aliphatic hydroxyl groups excluding tert-OH is 1. The molecule has 0 bridgehead atoms. The van der Waals surface area contributed by atoms with Crippen LogP contribution in [-0.4, -0.2) is 68.1 Å². The van der Waals surface area contributed by atoms with Gasteiger partial charge in [0.2, 0.25) is 0 Å². The van der Waals surface area contributed by atoms with Crippen molar-refractivity contribution >= 4 is 21.6 Å².